The van der Waals surface area contributed by atoms with E-state index in [1.54, 1.807) is 0 Å². The molecule has 2 aromatic carbocycles. The number of hydrogen-bond donors (Lipinski definition) is 0. The summed E-state index contributed by atoms with van der Waals surface area (Å²) in [5.74, 6) is -1.21. The molecular formula is C15H9ClF2N2S. The lowest BCUT2D eigenvalue weighted by molar-refractivity contribution is 0.506. The summed E-state index contributed by atoms with van der Waals surface area (Å²) in [6.07, 6.45) is 0. The fraction of sp³-hybridized carbons (Fsp3) is 0.0667. The second kappa shape index (κ2) is 5.95. The van der Waals surface area contributed by atoms with E-state index in [2.05, 4.69) is 10.2 Å². The summed E-state index contributed by atoms with van der Waals surface area (Å²) in [6, 6.07) is 11.4. The van der Waals surface area contributed by atoms with E-state index in [1.807, 2.05) is 24.3 Å². The van der Waals surface area contributed by atoms with Gasteiger partial charge in [-0.25, -0.2) is 8.78 Å². The number of benzene rings is 2. The third-order valence-corrected chi connectivity index (χ3v) is 4.27. The molecule has 0 N–H and O–H groups in total. The highest BCUT2D eigenvalue weighted by Crippen LogP contribution is 2.28. The zero-order valence-electron chi connectivity index (χ0n) is 10.7. The Morgan fingerprint density at radius 3 is 2.48 bits per heavy atom. The molecule has 0 aliphatic rings. The van der Waals surface area contributed by atoms with Crippen molar-refractivity contribution in [2.75, 3.05) is 0 Å². The van der Waals surface area contributed by atoms with E-state index in [0.717, 1.165) is 22.5 Å². The summed E-state index contributed by atoms with van der Waals surface area (Å²) in [5, 5.41) is 10.1. The minimum Gasteiger partial charge on any atom is -0.204 e. The van der Waals surface area contributed by atoms with E-state index in [-0.39, 0.29) is 0 Å². The minimum absolute atomic E-state index is 0.354. The van der Waals surface area contributed by atoms with Crippen molar-refractivity contribution in [3.8, 4) is 0 Å². The van der Waals surface area contributed by atoms with Crippen LogP contribution in [-0.4, -0.2) is 10.2 Å². The predicted molar refractivity (Wildman–Crippen MR) is 80.5 cm³/mol. The van der Waals surface area contributed by atoms with Gasteiger partial charge in [0.1, 0.15) is 0 Å². The Morgan fingerprint density at radius 1 is 0.952 bits per heavy atom. The number of fused-ring (bicyclic) bond motifs is 1. The molecule has 0 saturated carbocycles. The largest absolute Gasteiger partial charge is 0.204 e. The van der Waals surface area contributed by atoms with Crippen LogP contribution in [0.1, 0.15) is 5.69 Å². The van der Waals surface area contributed by atoms with E-state index in [9.17, 15) is 8.78 Å². The maximum absolute atomic E-state index is 13.2. The Hall–Kier alpha value is -1.72. The molecule has 1 aromatic heterocycles. The van der Waals surface area contributed by atoms with Crippen molar-refractivity contribution in [1.29, 1.82) is 0 Å². The van der Waals surface area contributed by atoms with Gasteiger partial charge in [-0.05, 0) is 18.2 Å². The first-order chi connectivity index (χ1) is 10.1. The van der Waals surface area contributed by atoms with Gasteiger partial charge in [0.25, 0.3) is 0 Å². The highest BCUT2D eigenvalue weighted by molar-refractivity contribution is 7.98. The van der Waals surface area contributed by atoms with Crippen molar-refractivity contribution in [1.82, 2.24) is 10.2 Å². The van der Waals surface area contributed by atoms with Crippen LogP contribution in [0.4, 0.5) is 8.78 Å². The monoisotopic (exact) mass is 322 g/mol. The quantitative estimate of drug-likeness (QED) is 0.644. The van der Waals surface area contributed by atoms with Crippen LogP contribution in [0.15, 0.2) is 47.4 Å². The van der Waals surface area contributed by atoms with E-state index in [1.165, 1.54) is 23.9 Å². The third kappa shape index (κ3) is 2.99. The molecule has 1 heterocycles. The first kappa shape index (κ1) is 14.2. The molecule has 0 radical (unpaired) electrons. The Bertz CT molecular complexity index is 811. The van der Waals surface area contributed by atoms with Crippen molar-refractivity contribution in [2.24, 2.45) is 0 Å². The first-order valence-electron chi connectivity index (χ1n) is 6.13. The van der Waals surface area contributed by atoms with Crippen LogP contribution in [-0.2, 0) is 5.75 Å². The molecule has 0 spiro atoms. The Balaban J connectivity index is 1.88. The predicted octanol–water partition coefficient (Wildman–Crippen LogP) is 4.85. The first-order valence-corrected chi connectivity index (χ1v) is 7.49. The Labute approximate surface area is 129 Å². The number of thioether (sulfide) groups is 1. The van der Waals surface area contributed by atoms with Crippen LogP contribution in [0.5, 0.6) is 0 Å². The molecule has 3 aromatic rings. The fourth-order valence-corrected chi connectivity index (χ4v) is 3.02. The number of nitrogens with zero attached hydrogens (tertiary/aromatic N) is 2. The lowest BCUT2D eigenvalue weighted by atomic mass is 10.1. The SMILES string of the molecule is Fc1ccc(SCc2nnc(Cl)c3ccccc23)cc1F. The van der Waals surface area contributed by atoms with Gasteiger partial charge < -0.3 is 0 Å². The normalized spacial score (nSPS) is 11.0. The molecule has 0 aliphatic carbocycles. The molecule has 2 nitrogen and oxygen atoms in total. The molecule has 0 bridgehead atoms. The standard InChI is InChI=1S/C15H9ClF2N2S/c16-15-11-4-2-1-3-10(11)14(19-20-15)8-21-9-5-6-12(17)13(18)7-9/h1-7H,8H2. The smallest absolute Gasteiger partial charge is 0.159 e. The summed E-state index contributed by atoms with van der Waals surface area (Å²) in [6.45, 7) is 0. The lowest BCUT2D eigenvalue weighted by Gasteiger charge is -2.06. The molecular weight excluding hydrogens is 314 g/mol. The van der Waals surface area contributed by atoms with Crippen molar-refractivity contribution >= 4 is 34.1 Å². The van der Waals surface area contributed by atoms with Crippen LogP contribution >= 0.6 is 23.4 Å². The summed E-state index contributed by atoms with van der Waals surface area (Å²) < 4.78 is 26.1. The van der Waals surface area contributed by atoms with Crippen LogP contribution < -0.4 is 0 Å². The average Bonchev–Trinajstić information content (AvgIpc) is 2.50. The van der Waals surface area contributed by atoms with Crippen LogP contribution in [0.3, 0.4) is 0 Å². The number of aromatic nitrogens is 2. The van der Waals surface area contributed by atoms with Crippen LogP contribution in [0, 0.1) is 11.6 Å². The summed E-state index contributed by atoms with van der Waals surface area (Å²) in [5.41, 5.74) is 0.754. The zero-order chi connectivity index (χ0) is 14.8. The van der Waals surface area contributed by atoms with E-state index in [4.69, 9.17) is 11.6 Å². The summed E-state index contributed by atoms with van der Waals surface area (Å²) >= 11 is 7.38. The van der Waals surface area contributed by atoms with E-state index in [0.29, 0.717) is 15.8 Å². The Kier molecular flexibility index (Phi) is 4.03. The molecule has 6 heteroatoms. The number of rotatable bonds is 3. The molecule has 0 unspecified atom stereocenters. The molecule has 0 saturated heterocycles. The molecule has 21 heavy (non-hydrogen) atoms. The number of halogens is 3. The second-order valence-corrected chi connectivity index (χ2v) is 5.75. The molecule has 3 rings (SSSR count). The van der Waals surface area contributed by atoms with Gasteiger partial charge >= 0.3 is 0 Å². The highest BCUT2D eigenvalue weighted by atomic mass is 35.5. The summed E-state index contributed by atoms with van der Waals surface area (Å²) in [7, 11) is 0. The van der Waals surface area contributed by atoms with Gasteiger partial charge in [0.15, 0.2) is 16.8 Å². The van der Waals surface area contributed by atoms with Gasteiger partial charge in [-0.15, -0.1) is 16.9 Å². The lowest BCUT2D eigenvalue weighted by Crippen LogP contribution is -1.94. The zero-order valence-corrected chi connectivity index (χ0v) is 12.3. The van der Waals surface area contributed by atoms with E-state index >= 15 is 0 Å². The Morgan fingerprint density at radius 2 is 1.71 bits per heavy atom. The van der Waals surface area contributed by atoms with Gasteiger partial charge in [0.05, 0.1) is 5.69 Å². The van der Waals surface area contributed by atoms with Gasteiger partial charge in [-0.1, -0.05) is 35.9 Å². The molecule has 0 atom stereocenters. The topological polar surface area (TPSA) is 25.8 Å². The van der Waals surface area contributed by atoms with Crippen molar-refractivity contribution < 1.29 is 8.78 Å². The van der Waals surface area contributed by atoms with Crippen molar-refractivity contribution in [3.05, 3.63) is 64.9 Å². The third-order valence-electron chi connectivity index (χ3n) is 2.99. The van der Waals surface area contributed by atoms with Crippen molar-refractivity contribution in [3.63, 3.8) is 0 Å². The number of hydrogen-bond acceptors (Lipinski definition) is 3. The van der Waals surface area contributed by atoms with Crippen molar-refractivity contribution in [2.45, 2.75) is 10.6 Å². The maximum atomic E-state index is 13.2. The molecule has 0 aliphatic heterocycles. The van der Waals surface area contributed by atoms with Gasteiger partial charge in [-0.3, -0.25) is 0 Å². The van der Waals surface area contributed by atoms with Crippen LogP contribution in [0.25, 0.3) is 10.8 Å². The van der Waals surface area contributed by atoms with Gasteiger partial charge in [-0.2, -0.15) is 5.10 Å². The summed E-state index contributed by atoms with van der Waals surface area (Å²) in [4.78, 5) is 0.634. The second-order valence-electron chi connectivity index (χ2n) is 4.35. The van der Waals surface area contributed by atoms with Gasteiger partial charge in [0.2, 0.25) is 0 Å². The molecule has 0 amide bonds. The molecule has 0 fully saturated rings. The van der Waals surface area contributed by atoms with Crippen LogP contribution in [0.2, 0.25) is 5.15 Å². The minimum atomic E-state index is -0.855. The molecule has 106 valence electrons. The van der Waals surface area contributed by atoms with E-state index < -0.39 is 11.6 Å². The van der Waals surface area contributed by atoms with Gasteiger partial charge in [0, 0.05) is 21.4 Å². The maximum Gasteiger partial charge on any atom is 0.159 e. The highest BCUT2D eigenvalue weighted by Gasteiger charge is 2.09. The fourth-order valence-electron chi connectivity index (χ4n) is 1.95. The average molecular weight is 323 g/mol.